The van der Waals surface area contributed by atoms with Crippen LogP contribution in [0.5, 0.6) is 0 Å². The molecule has 2 aromatic rings. The highest BCUT2D eigenvalue weighted by Crippen LogP contribution is 2.27. The number of esters is 1. The lowest BCUT2D eigenvalue weighted by atomic mass is 9.98. The highest BCUT2D eigenvalue weighted by atomic mass is 35.5. The Balaban J connectivity index is 1.82. The minimum Gasteiger partial charge on any atom is -0.466 e. The lowest BCUT2D eigenvalue weighted by Crippen LogP contribution is -2.39. The fourth-order valence-corrected chi connectivity index (χ4v) is 3.74. The van der Waals surface area contributed by atoms with Gasteiger partial charge < -0.3 is 9.15 Å². The Kier molecular flexibility index (Phi) is 5.67. The number of halogens is 2. The van der Waals surface area contributed by atoms with Crippen molar-refractivity contribution < 1.29 is 13.9 Å². The SMILES string of the molecule is CCOC(=O)C1CCCN(Cc2coc3c(Cl)cc(Cl)cc3c2=O)C1. The molecule has 0 radical (unpaired) electrons. The van der Waals surface area contributed by atoms with Crippen LogP contribution >= 0.6 is 23.2 Å². The minimum atomic E-state index is -0.170. The molecular weight excluding hydrogens is 365 g/mol. The van der Waals surface area contributed by atoms with E-state index in [0.717, 1.165) is 19.4 Å². The van der Waals surface area contributed by atoms with Crippen molar-refractivity contribution in [3.05, 3.63) is 44.2 Å². The molecule has 0 saturated carbocycles. The summed E-state index contributed by atoms with van der Waals surface area (Å²) in [5, 5.41) is 1.07. The molecule has 1 atom stereocenters. The second kappa shape index (κ2) is 7.77. The van der Waals surface area contributed by atoms with E-state index in [-0.39, 0.29) is 17.3 Å². The average Bonchev–Trinajstić information content (AvgIpc) is 2.58. The van der Waals surface area contributed by atoms with E-state index in [2.05, 4.69) is 4.90 Å². The smallest absolute Gasteiger partial charge is 0.310 e. The molecule has 5 nitrogen and oxygen atoms in total. The molecule has 2 heterocycles. The van der Waals surface area contributed by atoms with Crippen LogP contribution in [-0.4, -0.2) is 30.6 Å². The molecule has 134 valence electrons. The molecule has 0 aliphatic carbocycles. The second-order valence-corrected chi connectivity index (χ2v) is 7.02. The van der Waals surface area contributed by atoms with Crippen LogP contribution in [0.4, 0.5) is 0 Å². The zero-order valence-corrected chi connectivity index (χ0v) is 15.4. The molecular formula is C18H19Cl2NO4. The van der Waals surface area contributed by atoms with Gasteiger partial charge in [-0.2, -0.15) is 0 Å². The Hall–Kier alpha value is -1.56. The molecule has 0 bridgehead atoms. The summed E-state index contributed by atoms with van der Waals surface area (Å²) in [6, 6.07) is 3.11. The molecule has 25 heavy (non-hydrogen) atoms. The van der Waals surface area contributed by atoms with Gasteiger partial charge in [0.25, 0.3) is 0 Å². The third-order valence-electron chi connectivity index (χ3n) is 4.38. The summed E-state index contributed by atoms with van der Waals surface area (Å²) in [6.45, 7) is 3.99. The fourth-order valence-electron chi connectivity index (χ4n) is 3.21. The summed E-state index contributed by atoms with van der Waals surface area (Å²) in [5.74, 6) is -0.318. The van der Waals surface area contributed by atoms with Crippen LogP contribution in [-0.2, 0) is 16.1 Å². The fraction of sp³-hybridized carbons (Fsp3) is 0.444. The first kappa shape index (κ1) is 18.2. The average molecular weight is 384 g/mol. The maximum Gasteiger partial charge on any atom is 0.310 e. The van der Waals surface area contributed by atoms with E-state index in [9.17, 15) is 9.59 Å². The number of carbonyl (C=O) groups excluding carboxylic acids is 1. The van der Waals surface area contributed by atoms with Gasteiger partial charge in [0.1, 0.15) is 0 Å². The van der Waals surface area contributed by atoms with Gasteiger partial charge in [0.2, 0.25) is 0 Å². The molecule has 1 aliphatic rings. The van der Waals surface area contributed by atoms with Crippen molar-refractivity contribution in [2.45, 2.75) is 26.3 Å². The number of ether oxygens (including phenoxy) is 1. The maximum absolute atomic E-state index is 12.7. The number of piperidine rings is 1. The molecule has 7 heteroatoms. The normalized spacial score (nSPS) is 18.4. The summed E-state index contributed by atoms with van der Waals surface area (Å²) in [4.78, 5) is 26.8. The van der Waals surface area contributed by atoms with Crippen LogP contribution in [0.2, 0.25) is 10.0 Å². The van der Waals surface area contributed by atoms with Crippen molar-refractivity contribution in [3.63, 3.8) is 0 Å². The Labute approximate surface area is 155 Å². The van der Waals surface area contributed by atoms with E-state index < -0.39 is 0 Å². The van der Waals surface area contributed by atoms with E-state index >= 15 is 0 Å². The van der Waals surface area contributed by atoms with Gasteiger partial charge >= 0.3 is 5.97 Å². The first-order valence-electron chi connectivity index (χ1n) is 8.28. The Bertz CT molecular complexity index is 849. The van der Waals surface area contributed by atoms with Gasteiger partial charge in [-0.3, -0.25) is 14.5 Å². The molecule has 1 fully saturated rings. The number of carbonyl (C=O) groups is 1. The molecule has 1 aromatic heterocycles. The van der Waals surface area contributed by atoms with E-state index in [0.29, 0.717) is 46.3 Å². The Morgan fingerprint density at radius 1 is 1.40 bits per heavy atom. The van der Waals surface area contributed by atoms with Crippen LogP contribution in [0.25, 0.3) is 11.0 Å². The van der Waals surface area contributed by atoms with Crippen molar-refractivity contribution in [3.8, 4) is 0 Å². The lowest BCUT2D eigenvalue weighted by Gasteiger charge is -2.31. The maximum atomic E-state index is 12.7. The van der Waals surface area contributed by atoms with E-state index in [1.165, 1.54) is 6.26 Å². The highest BCUT2D eigenvalue weighted by molar-refractivity contribution is 6.38. The monoisotopic (exact) mass is 383 g/mol. The summed E-state index contributed by atoms with van der Waals surface area (Å²) in [7, 11) is 0. The summed E-state index contributed by atoms with van der Waals surface area (Å²) < 4.78 is 10.7. The van der Waals surface area contributed by atoms with Gasteiger partial charge in [0, 0.05) is 23.7 Å². The summed E-state index contributed by atoms with van der Waals surface area (Å²) >= 11 is 12.1. The standard InChI is InChI=1S/C18H19Cl2NO4/c1-2-24-18(23)11-4-3-5-21(8-11)9-12-10-25-17-14(16(12)22)6-13(19)7-15(17)20/h6-7,10-11H,2-5,8-9H2,1H3. The van der Waals surface area contributed by atoms with E-state index in [1.807, 2.05) is 0 Å². The lowest BCUT2D eigenvalue weighted by molar-refractivity contribution is -0.150. The number of hydrogen-bond donors (Lipinski definition) is 0. The van der Waals surface area contributed by atoms with Gasteiger partial charge in [-0.1, -0.05) is 23.2 Å². The third kappa shape index (κ3) is 4.00. The summed E-state index contributed by atoms with van der Waals surface area (Å²) in [5.41, 5.74) is 0.710. The zero-order valence-electron chi connectivity index (χ0n) is 13.9. The van der Waals surface area contributed by atoms with Crippen LogP contribution in [0.3, 0.4) is 0 Å². The van der Waals surface area contributed by atoms with Crippen molar-refractivity contribution >= 4 is 40.1 Å². The minimum absolute atomic E-state index is 0.148. The van der Waals surface area contributed by atoms with Crippen LogP contribution in [0.15, 0.2) is 27.6 Å². The number of benzene rings is 1. The number of likely N-dealkylation sites (tertiary alicyclic amines) is 1. The number of fused-ring (bicyclic) bond motifs is 1. The largest absolute Gasteiger partial charge is 0.466 e. The van der Waals surface area contributed by atoms with Crippen LogP contribution in [0, 0.1) is 5.92 Å². The summed E-state index contributed by atoms with van der Waals surface area (Å²) in [6.07, 6.45) is 3.14. The first-order valence-corrected chi connectivity index (χ1v) is 9.03. The van der Waals surface area contributed by atoms with Crippen molar-refractivity contribution in [2.75, 3.05) is 19.7 Å². The quantitative estimate of drug-likeness (QED) is 0.749. The molecule has 0 N–H and O–H groups in total. The van der Waals surface area contributed by atoms with Crippen molar-refractivity contribution in [1.29, 1.82) is 0 Å². The molecule has 3 rings (SSSR count). The molecule has 1 aromatic carbocycles. The zero-order chi connectivity index (χ0) is 18.0. The highest BCUT2D eigenvalue weighted by Gasteiger charge is 2.27. The molecule has 1 unspecified atom stereocenters. The topological polar surface area (TPSA) is 59.8 Å². The molecule has 1 saturated heterocycles. The second-order valence-electron chi connectivity index (χ2n) is 6.18. The molecule has 0 spiro atoms. The molecule has 0 amide bonds. The van der Waals surface area contributed by atoms with E-state index in [4.69, 9.17) is 32.4 Å². The van der Waals surface area contributed by atoms with Gasteiger partial charge in [-0.25, -0.2) is 0 Å². The number of hydrogen-bond acceptors (Lipinski definition) is 5. The van der Waals surface area contributed by atoms with Gasteiger partial charge in [-0.15, -0.1) is 0 Å². The van der Waals surface area contributed by atoms with Gasteiger partial charge in [0.05, 0.1) is 29.2 Å². The number of nitrogens with zero attached hydrogens (tertiary/aromatic N) is 1. The van der Waals surface area contributed by atoms with Crippen molar-refractivity contribution in [1.82, 2.24) is 4.90 Å². The van der Waals surface area contributed by atoms with Crippen LogP contribution in [0.1, 0.15) is 25.3 Å². The molecule has 1 aliphatic heterocycles. The van der Waals surface area contributed by atoms with E-state index in [1.54, 1.807) is 19.1 Å². The van der Waals surface area contributed by atoms with Gasteiger partial charge in [-0.05, 0) is 38.4 Å². The first-order chi connectivity index (χ1) is 12.0. The predicted molar refractivity (Wildman–Crippen MR) is 97.1 cm³/mol. The predicted octanol–water partition coefficient (Wildman–Crippen LogP) is 3.87. The van der Waals surface area contributed by atoms with Gasteiger partial charge in [0.15, 0.2) is 11.0 Å². The third-order valence-corrected chi connectivity index (χ3v) is 4.88. The Morgan fingerprint density at radius 2 is 2.20 bits per heavy atom. The Morgan fingerprint density at radius 3 is 2.96 bits per heavy atom. The van der Waals surface area contributed by atoms with Crippen LogP contribution < -0.4 is 5.43 Å². The van der Waals surface area contributed by atoms with Crippen molar-refractivity contribution in [2.24, 2.45) is 5.92 Å². The number of rotatable bonds is 4.